The monoisotopic (exact) mass is 299 g/mol. The summed E-state index contributed by atoms with van der Waals surface area (Å²) in [6.45, 7) is 2.29. The fourth-order valence-electron chi connectivity index (χ4n) is 1.46. The third-order valence-electron chi connectivity index (χ3n) is 2.38. The third-order valence-corrected chi connectivity index (χ3v) is 3.20. The van der Waals surface area contributed by atoms with E-state index in [9.17, 15) is 14.4 Å². The number of aryl methyl sites for hydroxylation is 1. The number of aliphatic carboxylic acids is 1. The van der Waals surface area contributed by atoms with Gasteiger partial charge < -0.3 is 10.4 Å². The van der Waals surface area contributed by atoms with Gasteiger partial charge in [0.15, 0.2) is 0 Å². The van der Waals surface area contributed by atoms with E-state index in [4.69, 9.17) is 5.11 Å². The van der Waals surface area contributed by atoms with Gasteiger partial charge in [0, 0.05) is 31.2 Å². The van der Waals surface area contributed by atoms with Crippen LogP contribution in [-0.2, 0) is 16.0 Å². The Labute approximate surface area is 120 Å². The maximum Gasteiger partial charge on any atom is 0.321 e. The quantitative estimate of drug-likeness (QED) is 0.698. The van der Waals surface area contributed by atoms with Gasteiger partial charge in [-0.05, 0) is 13.3 Å². The van der Waals surface area contributed by atoms with Crippen molar-refractivity contribution in [3.63, 3.8) is 0 Å². The first kappa shape index (κ1) is 16.1. The van der Waals surface area contributed by atoms with Crippen LogP contribution in [0, 0.1) is 6.92 Å². The van der Waals surface area contributed by atoms with Gasteiger partial charge in [0.1, 0.15) is 0 Å². The molecule has 0 atom stereocenters. The molecule has 20 heavy (non-hydrogen) atoms. The number of carboxylic acid groups (broad SMARTS) is 1. The minimum absolute atomic E-state index is 0.0189. The Kier molecular flexibility index (Phi) is 6.65. The number of thiazole rings is 1. The first-order chi connectivity index (χ1) is 9.47. The van der Waals surface area contributed by atoms with E-state index in [1.165, 1.54) is 0 Å². The lowest BCUT2D eigenvalue weighted by atomic mass is 10.2. The van der Waals surface area contributed by atoms with Crippen LogP contribution >= 0.6 is 11.3 Å². The van der Waals surface area contributed by atoms with E-state index in [0.29, 0.717) is 13.0 Å². The van der Waals surface area contributed by atoms with E-state index in [1.807, 2.05) is 12.3 Å². The van der Waals surface area contributed by atoms with Gasteiger partial charge in [-0.25, -0.2) is 9.78 Å². The standard InChI is InChI=1S/C12H17N3O4S/c1-8-14-9(7-20-8)5-6-13-12(19)15-10(16)3-2-4-11(17)18/h7H,2-6H2,1H3,(H,17,18)(H2,13,15,16,19). The summed E-state index contributed by atoms with van der Waals surface area (Å²) in [5, 5.41) is 16.0. The average molecular weight is 299 g/mol. The molecule has 8 heteroatoms. The molecule has 0 unspecified atom stereocenters. The summed E-state index contributed by atoms with van der Waals surface area (Å²) in [4.78, 5) is 37.2. The summed E-state index contributed by atoms with van der Waals surface area (Å²) in [5.74, 6) is -1.44. The number of carbonyl (C=O) groups excluding carboxylic acids is 2. The third kappa shape index (κ3) is 6.83. The number of hydrogen-bond acceptors (Lipinski definition) is 5. The molecule has 3 N–H and O–H groups in total. The van der Waals surface area contributed by atoms with Gasteiger partial charge in [-0.1, -0.05) is 0 Å². The fourth-order valence-corrected chi connectivity index (χ4v) is 2.11. The van der Waals surface area contributed by atoms with Crippen molar-refractivity contribution in [1.29, 1.82) is 0 Å². The van der Waals surface area contributed by atoms with Crippen molar-refractivity contribution < 1.29 is 19.5 Å². The van der Waals surface area contributed by atoms with E-state index in [0.717, 1.165) is 10.7 Å². The number of imide groups is 1. The Morgan fingerprint density at radius 3 is 2.70 bits per heavy atom. The highest BCUT2D eigenvalue weighted by Crippen LogP contribution is 2.07. The molecule has 0 aliphatic heterocycles. The molecule has 0 fully saturated rings. The Morgan fingerprint density at radius 2 is 2.10 bits per heavy atom. The number of urea groups is 1. The van der Waals surface area contributed by atoms with Crippen molar-refractivity contribution in [2.45, 2.75) is 32.6 Å². The predicted octanol–water partition coefficient (Wildman–Crippen LogP) is 1.07. The normalized spacial score (nSPS) is 10.1. The predicted molar refractivity (Wildman–Crippen MR) is 73.6 cm³/mol. The molecule has 0 bridgehead atoms. The van der Waals surface area contributed by atoms with Crippen molar-refractivity contribution in [2.24, 2.45) is 0 Å². The number of rotatable bonds is 7. The summed E-state index contributed by atoms with van der Waals surface area (Å²) in [6, 6.07) is -0.572. The smallest absolute Gasteiger partial charge is 0.321 e. The molecule has 0 saturated heterocycles. The summed E-state index contributed by atoms with van der Waals surface area (Å²) in [6.07, 6.45) is 0.751. The van der Waals surface area contributed by atoms with Crippen LogP contribution in [0.5, 0.6) is 0 Å². The maximum absolute atomic E-state index is 11.4. The minimum Gasteiger partial charge on any atom is -0.481 e. The van der Waals surface area contributed by atoms with Crippen molar-refractivity contribution in [3.8, 4) is 0 Å². The summed E-state index contributed by atoms with van der Waals surface area (Å²) in [7, 11) is 0. The molecule has 0 aliphatic rings. The Balaban J connectivity index is 2.13. The molecule has 0 radical (unpaired) electrons. The lowest BCUT2D eigenvalue weighted by Crippen LogP contribution is -2.40. The van der Waals surface area contributed by atoms with Gasteiger partial charge >= 0.3 is 12.0 Å². The molecule has 1 rings (SSSR count). The minimum atomic E-state index is -0.958. The van der Waals surface area contributed by atoms with Crippen LogP contribution in [0.1, 0.15) is 30.0 Å². The van der Waals surface area contributed by atoms with Crippen molar-refractivity contribution in [1.82, 2.24) is 15.6 Å². The van der Waals surface area contributed by atoms with E-state index in [-0.39, 0.29) is 19.3 Å². The molecule has 0 aliphatic carbocycles. The van der Waals surface area contributed by atoms with Gasteiger partial charge in [-0.3, -0.25) is 14.9 Å². The molecule has 1 aromatic rings. The van der Waals surface area contributed by atoms with Crippen LogP contribution < -0.4 is 10.6 Å². The number of carboxylic acids is 1. The second-order valence-corrected chi connectivity index (χ2v) is 5.22. The SMILES string of the molecule is Cc1nc(CCNC(=O)NC(=O)CCCC(=O)O)cs1. The second kappa shape index (κ2) is 8.26. The molecule has 3 amide bonds. The van der Waals surface area contributed by atoms with E-state index < -0.39 is 17.9 Å². The first-order valence-electron chi connectivity index (χ1n) is 6.18. The molecule has 0 aromatic carbocycles. The van der Waals surface area contributed by atoms with Crippen molar-refractivity contribution >= 4 is 29.2 Å². The molecule has 7 nitrogen and oxygen atoms in total. The highest BCUT2D eigenvalue weighted by atomic mass is 32.1. The van der Waals surface area contributed by atoms with Crippen LogP contribution in [0.4, 0.5) is 4.79 Å². The lowest BCUT2D eigenvalue weighted by Gasteiger charge is -2.05. The molecular formula is C12H17N3O4S. The first-order valence-corrected chi connectivity index (χ1v) is 7.06. The number of aromatic nitrogens is 1. The largest absolute Gasteiger partial charge is 0.481 e. The summed E-state index contributed by atoms with van der Waals surface area (Å²) in [5.41, 5.74) is 0.903. The number of hydrogen-bond donors (Lipinski definition) is 3. The molecular weight excluding hydrogens is 282 g/mol. The van der Waals surface area contributed by atoms with Gasteiger partial charge in [0.25, 0.3) is 0 Å². The van der Waals surface area contributed by atoms with E-state index >= 15 is 0 Å². The van der Waals surface area contributed by atoms with Crippen LogP contribution in [0.15, 0.2) is 5.38 Å². The Bertz CT molecular complexity index is 487. The number of nitrogens with zero attached hydrogens (tertiary/aromatic N) is 1. The molecule has 1 heterocycles. The molecule has 0 saturated carbocycles. The van der Waals surface area contributed by atoms with E-state index in [1.54, 1.807) is 11.3 Å². The molecule has 0 spiro atoms. The zero-order valence-electron chi connectivity index (χ0n) is 11.1. The number of nitrogens with one attached hydrogen (secondary N) is 2. The van der Waals surface area contributed by atoms with Crippen LogP contribution in [-0.4, -0.2) is 34.5 Å². The van der Waals surface area contributed by atoms with Crippen molar-refractivity contribution in [2.75, 3.05) is 6.54 Å². The fraction of sp³-hybridized carbons (Fsp3) is 0.500. The molecule has 110 valence electrons. The topological polar surface area (TPSA) is 108 Å². The van der Waals surface area contributed by atoms with Gasteiger partial charge in [-0.2, -0.15) is 0 Å². The molecule has 1 aromatic heterocycles. The summed E-state index contributed by atoms with van der Waals surface area (Å²) < 4.78 is 0. The van der Waals surface area contributed by atoms with E-state index in [2.05, 4.69) is 15.6 Å². The van der Waals surface area contributed by atoms with Gasteiger partial charge in [0.2, 0.25) is 5.91 Å². The average Bonchev–Trinajstić information content (AvgIpc) is 2.74. The maximum atomic E-state index is 11.4. The Morgan fingerprint density at radius 1 is 1.35 bits per heavy atom. The van der Waals surface area contributed by atoms with Gasteiger partial charge in [0.05, 0.1) is 10.7 Å². The highest BCUT2D eigenvalue weighted by Gasteiger charge is 2.08. The van der Waals surface area contributed by atoms with Crippen LogP contribution in [0.2, 0.25) is 0 Å². The number of amides is 3. The Hall–Kier alpha value is -1.96. The summed E-state index contributed by atoms with van der Waals surface area (Å²) >= 11 is 1.54. The lowest BCUT2D eigenvalue weighted by molar-refractivity contribution is -0.137. The van der Waals surface area contributed by atoms with Gasteiger partial charge in [-0.15, -0.1) is 11.3 Å². The van der Waals surface area contributed by atoms with Crippen molar-refractivity contribution in [3.05, 3.63) is 16.1 Å². The van der Waals surface area contributed by atoms with Crippen LogP contribution in [0.25, 0.3) is 0 Å². The second-order valence-electron chi connectivity index (χ2n) is 4.16. The number of carbonyl (C=O) groups is 3. The van der Waals surface area contributed by atoms with Crippen LogP contribution in [0.3, 0.4) is 0 Å². The zero-order valence-corrected chi connectivity index (χ0v) is 12.0. The highest BCUT2D eigenvalue weighted by molar-refractivity contribution is 7.09. The zero-order chi connectivity index (χ0) is 15.0.